The van der Waals surface area contributed by atoms with Gasteiger partial charge < -0.3 is 16.0 Å². The number of hydrogen-bond acceptors (Lipinski definition) is 2. The number of nitrogens with two attached hydrogens (primary N) is 1. The van der Waals surface area contributed by atoms with Gasteiger partial charge in [-0.15, -0.1) is 0 Å². The second-order valence-corrected chi connectivity index (χ2v) is 7.32. The van der Waals surface area contributed by atoms with Crippen LogP contribution in [0.5, 0.6) is 0 Å². The Labute approximate surface area is 170 Å². The summed E-state index contributed by atoms with van der Waals surface area (Å²) in [6.07, 6.45) is 0. The molecule has 0 fully saturated rings. The minimum absolute atomic E-state index is 0.0596. The van der Waals surface area contributed by atoms with Crippen molar-refractivity contribution < 1.29 is 4.79 Å². The minimum Gasteiger partial charge on any atom is -0.368 e. The highest BCUT2D eigenvalue weighted by Gasteiger charge is 2.24. The van der Waals surface area contributed by atoms with Crippen LogP contribution in [0.1, 0.15) is 24.0 Å². The van der Waals surface area contributed by atoms with Crippen molar-refractivity contribution >= 4 is 16.8 Å². The Balaban J connectivity index is 1.88. The number of fused-ring (bicyclic) bond motifs is 1. The zero-order valence-electron chi connectivity index (χ0n) is 16.4. The molecule has 0 radical (unpaired) electrons. The fourth-order valence-electron chi connectivity index (χ4n) is 3.83. The Morgan fingerprint density at radius 3 is 2.24 bits per heavy atom. The third-order valence-electron chi connectivity index (χ3n) is 5.41. The summed E-state index contributed by atoms with van der Waals surface area (Å²) >= 11 is 0. The van der Waals surface area contributed by atoms with E-state index in [2.05, 4.69) is 77.0 Å². The summed E-state index contributed by atoms with van der Waals surface area (Å²) in [5.74, 6) is -0.289. The molecule has 1 heterocycles. The molecule has 0 saturated heterocycles. The lowest BCUT2D eigenvalue weighted by molar-refractivity contribution is -0.119. The molecule has 0 bridgehead atoms. The van der Waals surface area contributed by atoms with Gasteiger partial charge in [0.2, 0.25) is 5.91 Å². The van der Waals surface area contributed by atoms with Gasteiger partial charge in [-0.2, -0.15) is 0 Å². The average molecular weight is 383 g/mol. The number of carbonyl (C=O) groups is 1. The molecule has 0 saturated carbocycles. The van der Waals surface area contributed by atoms with E-state index in [1.54, 1.807) is 6.92 Å². The monoisotopic (exact) mass is 383 g/mol. The van der Waals surface area contributed by atoms with Gasteiger partial charge in [0.1, 0.15) is 0 Å². The molecular formula is C25H25N3O. The number of H-pyrrole nitrogens is 1. The number of amides is 1. The Morgan fingerprint density at radius 2 is 1.55 bits per heavy atom. The van der Waals surface area contributed by atoms with Gasteiger partial charge in [-0.05, 0) is 29.7 Å². The van der Waals surface area contributed by atoms with E-state index in [-0.39, 0.29) is 11.8 Å². The predicted octanol–water partition coefficient (Wildman–Crippen LogP) is 4.43. The quantitative estimate of drug-likeness (QED) is 0.442. The van der Waals surface area contributed by atoms with Crippen LogP contribution in [-0.2, 0) is 4.79 Å². The number of nitrogens with one attached hydrogen (secondary N) is 2. The zero-order valence-corrected chi connectivity index (χ0v) is 16.4. The first-order valence-corrected chi connectivity index (χ1v) is 9.89. The molecule has 4 rings (SSSR count). The van der Waals surface area contributed by atoms with E-state index in [4.69, 9.17) is 5.73 Å². The number of primary amides is 1. The lowest BCUT2D eigenvalue weighted by atomic mass is 9.87. The predicted molar refractivity (Wildman–Crippen MR) is 119 cm³/mol. The van der Waals surface area contributed by atoms with Gasteiger partial charge in [-0.25, -0.2) is 0 Å². The first-order chi connectivity index (χ1) is 14.1. The standard InChI is InChI=1S/C25H25N3O/c1-17(25(26)29)27-16-21(18-10-4-2-5-11-18)23-20-14-8-9-15-22(20)28-24(23)19-12-6-3-7-13-19/h2-15,17,21,27-28H,16H2,1H3,(H2,26,29)/t17-,21+/m0/s1. The molecule has 1 amide bonds. The van der Waals surface area contributed by atoms with Crippen molar-refractivity contribution in [2.45, 2.75) is 18.9 Å². The lowest BCUT2D eigenvalue weighted by Gasteiger charge is -2.22. The van der Waals surface area contributed by atoms with Gasteiger partial charge >= 0.3 is 0 Å². The summed E-state index contributed by atoms with van der Waals surface area (Å²) in [7, 11) is 0. The largest absolute Gasteiger partial charge is 0.368 e. The number of rotatable bonds is 7. The van der Waals surface area contributed by atoms with Crippen LogP contribution < -0.4 is 11.1 Å². The molecule has 0 aliphatic rings. The number of para-hydroxylation sites is 1. The summed E-state index contributed by atoms with van der Waals surface area (Å²) in [6.45, 7) is 2.41. The minimum atomic E-state index is -0.397. The first kappa shape index (κ1) is 19.0. The fraction of sp³-hybridized carbons (Fsp3) is 0.160. The molecule has 4 N–H and O–H groups in total. The SMILES string of the molecule is C[C@H](NC[C@H](c1ccccc1)c1c(-c2ccccc2)[nH]c2ccccc12)C(N)=O. The van der Waals surface area contributed by atoms with Gasteiger partial charge in [-0.1, -0.05) is 78.9 Å². The molecule has 146 valence electrons. The van der Waals surface area contributed by atoms with Gasteiger partial charge in [0.05, 0.1) is 11.7 Å². The molecule has 3 aromatic carbocycles. The maximum atomic E-state index is 11.6. The summed E-state index contributed by atoms with van der Waals surface area (Å²) < 4.78 is 0. The zero-order chi connectivity index (χ0) is 20.2. The summed E-state index contributed by atoms with van der Waals surface area (Å²) in [4.78, 5) is 15.2. The second-order valence-electron chi connectivity index (χ2n) is 7.32. The Bertz CT molecular complexity index is 1100. The third kappa shape index (κ3) is 3.93. The first-order valence-electron chi connectivity index (χ1n) is 9.89. The van der Waals surface area contributed by atoms with Crippen molar-refractivity contribution in [2.75, 3.05) is 6.54 Å². The van der Waals surface area contributed by atoms with Crippen LogP contribution in [0.2, 0.25) is 0 Å². The van der Waals surface area contributed by atoms with E-state index in [0.29, 0.717) is 6.54 Å². The molecular weight excluding hydrogens is 358 g/mol. The Morgan fingerprint density at radius 1 is 0.931 bits per heavy atom. The van der Waals surface area contributed by atoms with Crippen LogP contribution >= 0.6 is 0 Å². The number of aromatic nitrogens is 1. The Hall–Kier alpha value is -3.37. The van der Waals surface area contributed by atoms with Crippen molar-refractivity contribution in [1.29, 1.82) is 0 Å². The highest BCUT2D eigenvalue weighted by Crippen LogP contribution is 2.38. The topological polar surface area (TPSA) is 70.9 Å². The van der Waals surface area contributed by atoms with E-state index in [0.717, 1.165) is 16.8 Å². The molecule has 4 aromatic rings. The summed E-state index contributed by atoms with van der Waals surface area (Å²) in [6, 6.07) is 28.7. The van der Waals surface area contributed by atoms with Crippen molar-refractivity contribution in [3.63, 3.8) is 0 Å². The normalized spacial score (nSPS) is 13.3. The number of benzene rings is 3. The van der Waals surface area contributed by atoms with Gasteiger partial charge in [0.15, 0.2) is 0 Å². The molecule has 0 aliphatic carbocycles. The molecule has 2 atom stereocenters. The van der Waals surface area contributed by atoms with E-state index < -0.39 is 6.04 Å². The van der Waals surface area contributed by atoms with Crippen LogP contribution in [-0.4, -0.2) is 23.5 Å². The number of aromatic amines is 1. The second kappa shape index (κ2) is 8.33. The summed E-state index contributed by atoms with van der Waals surface area (Å²) in [5.41, 5.74) is 11.2. The molecule has 4 nitrogen and oxygen atoms in total. The maximum Gasteiger partial charge on any atom is 0.234 e. The highest BCUT2D eigenvalue weighted by molar-refractivity contribution is 5.92. The van der Waals surface area contributed by atoms with Gasteiger partial charge in [-0.3, -0.25) is 4.79 Å². The van der Waals surface area contributed by atoms with Crippen molar-refractivity contribution in [2.24, 2.45) is 5.73 Å². The molecule has 0 unspecified atom stereocenters. The average Bonchev–Trinajstić information content (AvgIpc) is 3.14. The van der Waals surface area contributed by atoms with E-state index in [9.17, 15) is 4.79 Å². The fourth-order valence-corrected chi connectivity index (χ4v) is 3.83. The van der Waals surface area contributed by atoms with E-state index >= 15 is 0 Å². The molecule has 1 aromatic heterocycles. The third-order valence-corrected chi connectivity index (χ3v) is 5.41. The van der Waals surface area contributed by atoms with E-state index in [1.165, 1.54) is 16.5 Å². The molecule has 29 heavy (non-hydrogen) atoms. The highest BCUT2D eigenvalue weighted by atomic mass is 16.1. The van der Waals surface area contributed by atoms with Crippen LogP contribution in [0, 0.1) is 0 Å². The Kier molecular flexibility index (Phi) is 5.45. The van der Waals surface area contributed by atoms with E-state index in [1.807, 2.05) is 18.2 Å². The summed E-state index contributed by atoms with van der Waals surface area (Å²) in [5, 5.41) is 4.51. The van der Waals surface area contributed by atoms with Crippen molar-refractivity contribution in [3.05, 3.63) is 96.1 Å². The molecule has 4 heteroatoms. The van der Waals surface area contributed by atoms with Crippen LogP contribution in [0.4, 0.5) is 0 Å². The smallest absolute Gasteiger partial charge is 0.234 e. The number of hydrogen-bond donors (Lipinski definition) is 3. The van der Waals surface area contributed by atoms with Crippen molar-refractivity contribution in [1.82, 2.24) is 10.3 Å². The van der Waals surface area contributed by atoms with Crippen molar-refractivity contribution in [3.8, 4) is 11.3 Å². The maximum absolute atomic E-state index is 11.6. The number of carbonyl (C=O) groups excluding carboxylic acids is 1. The van der Waals surface area contributed by atoms with Crippen LogP contribution in [0.3, 0.4) is 0 Å². The molecule has 0 spiro atoms. The lowest BCUT2D eigenvalue weighted by Crippen LogP contribution is -2.40. The van der Waals surface area contributed by atoms with Gasteiger partial charge in [0, 0.05) is 23.4 Å². The molecule has 0 aliphatic heterocycles. The van der Waals surface area contributed by atoms with Crippen LogP contribution in [0.15, 0.2) is 84.9 Å². The van der Waals surface area contributed by atoms with Crippen LogP contribution in [0.25, 0.3) is 22.2 Å². The van der Waals surface area contributed by atoms with Gasteiger partial charge in [0.25, 0.3) is 0 Å².